The number of nitrogens with zero attached hydrogens (tertiary/aromatic N) is 5. The minimum Gasteiger partial charge on any atom is -0.493 e. The summed E-state index contributed by atoms with van der Waals surface area (Å²) in [5.74, 6) is -1.26. The van der Waals surface area contributed by atoms with Crippen molar-refractivity contribution >= 4 is 18.1 Å². The van der Waals surface area contributed by atoms with E-state index in [1.165, 1.54) is 43.7 Å². The largest absolute Gasteiger partial charge is 0.493 e. The first-order chi connectivity index (χ1) is 17.0. The van der Waals surface area contributed by atoms with Crippen LogP contribution in [0.5, 0.6) is 11.5 Å². The van der Waals surface area contributed by atoms with Crippen molar-refractivity contribution in [2.24, 2.45) is 5.10 Å². The van der Waals surface area contributed by atoms with Crippen LogP contribution in [0.3, 0.4) is 0 Å². The molecule has 0 fully saturated rings. The number of carbonyl (C=O) groups excluding carboxylic acids is 2. The summed E-state index contributed by atoms with van der Waals surface area (Å²) < 4.78 is 24.3. The molecule has 0 atom stereocenters. The maximum atomic E-state index is 13.8. The van der Waals surface area contributed by atoms with Gasteiger partial charge in [-0.1, -0.05) is 42.5 Å². The number of methoxy groups -OCH3 is 1. The second kappa shape index (κ2) is 10.8. The third-order valence-electron chi connectivity index (χ3n) is 4.66. The van der Waals surface area contributed by atoms with E-state index >= 15 is 0 Å². The number of esters is 1. The molecule has 0 radical (unpaired) electrons. The molecule has 1 amide bonds. The summed E-state index contributed by atoms with van der Waals surface area (Å²) >= 11 is 0. The van der Waals surface area contributed by atoms with Crippen LogP contribution in [0.4, 0.5) is 4.39 Å². The lowest BCUT2D eigenvalue weighted by Gasteiger charge is -2.10. The SMILES string of the molecule is COc1cc(/C=N\NC(=O)Cn2nnc(-c3ccccc3)n2)ccc1OC(=O)c1ccccc1F. The summed E-state index contributed by atoms with van der Waals surface area (Å²) in [7, 11) is 1.40. The van der Waals surface area contributed by atoms with Crippen LogP contribution < -0.4 is 14.9 Å². The van der Waals surface area contributed by atoms with Gasteiger partial charge in [0.05, 0.1) is 18.9 Å². The van der Waals surface area contributed by atoms with Gasteiger partial charge < -0.3 is 9.47 Å². The Morgan fingerprint density at radius 1 is 1.06 bits per heavy atom. The average Bonchev–Trinajstić information content (AvgIpc) is 3.34. The highest BCUT2D eigenvalue weighted by molar-refractivity contribution is 5.92. The summed E-state index contributed by atoms with van der Waals surface area (Å²) in [6, 6.07) is 19.4. The lowest BCUT2D eigenvalue weighted by Crippen LogP contribution is -2.24. The normalized spacial score (nSPS) is 10.8. The highest BCUT2D eigenvalue weighted by atomic mass is 19.1. The number of rotatable bonds is 8. The highest BCUT2D eigenvalue weighted by Crippen LogP contribution is 2.28. The van der Waals surface area contributed by atoms with E-state index in [2.05, 4.69) is 25.9 Å². The molecule has 4 aromatic rings. The standard InChI is InChI=1S/C24H19FN6O4/c1-34-21-13-16(11-12-20(21)35-24(33)18-9-5-6-10-19(18)25)14-26-27-22(32)15-31-29-23(28-30-31)17-7-3-2-4-8-17/h2-14H,15H2,1H3,(H,27,32)/b26-14-. The molecule has 0 bridgehead atoms. The van der Waals surface area contributed by atoms with E-state index in [0.717, 1.165) is 10.4 Å². The van der Waals surface area contributed by atoms with E-state index < -0.39 is 17.7 Å². The van der Waals surface area contributed by atoms with Crippen molar-refractivity contribution in [3.8, 4) is 22.9 Å². The van der Waals surface area contributed by atoms with Crippen molar-refractivity contribution in [1.29, 1.82) is 0 Å². The first-order valence-corrected chi connectivity index (χ1v) is 10.3. The molecule has 11 heteroatoms. The fraction of sp³-hybridized carbons (Fsp3) is 0.0833. The van der Waals surface area contributed by atoms with Crippen molar-refractivity contribution in [1.82, 2.24) is 25.6 Å². The number of nitrogens with one attached hydrogen (secondary N) is 1. The Hall–Kier alpha value is -4.93. The zero-order valence-electron chi connectivity index (χ0n) is 18.5. The van der Waals surface area contributed by atoms with E-state index in [9.17, 15) is 14.0 Å². The van der Waals surface area contributed by atoms with E-state index in [-0.39, 0.29) is 23.6 Å². The number of tetrazole rings is 1. The van der Waals surface area contributed by atoms with Gasteiger partial charge in [0.2, 0.25) is 5.82 Å². The molecule has 0 spiro atoms. The summed E-state index contributed by atoms with van der Waals surface area (Å²) in [6.45, 7) is -0.175. The van der Waals surface area contributed by atoms with Gasteiger partial charge in [-0.25, -0.2) is 14.6 Å². The highest BCUT2D eigenvalue weighted by Gasteiger charge is 2.16. The third-order valence-corrected chi connectivity index (χ3v) is 4.66. The molecule has 10 nitrogen and oxygen atoms in total. The Bertz CT molecular complexity index is 1370. The van der Waals surface area contributed by atoms with Crippen molar-refractivity contribution in [2.75, 3.05) is 7.11 Å². The summed E-state index contributed by atoms with van der Waals surface area (Å²) in [6.07, 6.45) is 1.38. The van der Waals surface area contributed by atoms with Crippen molar-refractivity contribution in [3.05, 3.63) is 89.7 Å². The summed E-state index contributed by atoms with van der Waals surface area (Å²) in [4.78, 5) is 25.6. The van der Waals surface area contributed by atoms with Gasteiger partial charge >= 0.3 is 5.97 Å². The van der Waals surface area contributed by atoms with Gasteiger partial charge in [0, 0.05) is 5.56 Å². The number of hydrogen-bond acceptors (Lipinski definition) is 8. The third kappa shape index (κ3) is 5.90. The monoisotopic (exact) mass is 474 g/mol. The van der Waals surface area contributed by atoms with E-state index in [1.807, 2.05) is 30.3 Å². The van der Waals surface area contributed by atoms with Gasteiger partial charge in [-0.15, -0.1) is 10.2 Å². The fourth-order valence-corrected chi connectivity index (χ4v) is 2.99. The molecule has 0 saturated carbocycles. The average molecular weight is 474 g/mol. The Kier molecular flexibility index (Phi) is 7.16. The van der Waals surface area contributed by atoms with Crippen LogP contribution in [0, 0.1) is 5.82 Å². The second-order valence-corrected chi connectivity index (χ2v) is 7.08. The van der Waals surface area contributed by atoms with Gasteiger partial charge in [-0.2, -0.15) is 9.90 Å². The predicted molar refractivity (Wildman–Crippen MR) is 123 cm³/mol. The number of aromatic nitrogens is 4. The van der Waals surface area contributed by atoms with Crippen molar-refractivity contribution in [2.45, 2.75) is 6.54 Å². The lowest BCUT2D eigenvalue weighted by atomic mass is 10.2. The number of benzene rings is 3. The molecule has 0 aliphatic heterocycles. The number of amides is 1. The molecule has 35 heavy (non-hydrogen) atoms. The molecular weight excluding hydrogens is 455 g/mol. The number of hydrogen-bond donors (Lipinski definition) is 1. The van der Waals surface area contributed by atoms with Crippen LogP contribution in [-0.4, -0.2) is 45.4 Å². The molecular formula is C24H19FN6O4. The Labute approximate surface area is 199 Å². The number of ether oxygens (including phenoxy) is 2. The maximum absolute atomic E-state index is 13.8. The molecule has 1 heterocycles. The van der Waals surface area contributed by atoms with Crippen LogP contribution >= 0.6 is 0 Å². The predicted octanol–water partition coefficient (Wildman–Crippen LogP) is 2.86. The molecule has 0 unspecified atom stereocenters. The van der Waals surface area contributed by atoms with Crippen LogP contribution in [-0.2, 0) is 11.3 Å². The van der Waals surface area contributed by atoms with E-state index in [4.69, 9.17) is 9.47 Å². The van der Waals surface area contributed by atoms with Gasteiger partial charge in [-0.3, -0.25) is 4.79 Å². The maximum Gasteiger partial charge on any atom is 0.346 e. The quantitative estimate of drug-likeness (QED) is 0.180. The molecule has 0 saturated heterocycles. The zero-order valence-corrected chi connectivity index (χ0v) is 18.5. The first-order valence-electron chi connectivity index (χ1n) is 10.3. The van der Waals surface area contributed by atoms with Gasteiger partial charge in [0.25, 0.3) is 5.91 Å². The van der Waals surface area contributed by atoms with E-state index in [0.29, 0.717) is 11.4 Å². The van der Waals surface area contributed by atoms with Gasteiger partial charge in [0.1, 0.15) is 12.4 Å². The van der Waals surface area contributed by atoms with Crippen molar-refractivity contribution in [3.63, 3.8) is 0 Å². The summed E-state index contributed by atoms with van der Waals surface area (Å²) in [5, 5.41) is 15.9. The number of carbonyl (C=O) groups is 2. The fourth-order valence-electron chi connectivity index (χ4n) is 2.99. The second-order valence-electron chi connectivity index (χ2n) is 7.08. The molecule has 1 N–H and O–H groups in total. The molecule has 0 aliphatic carbocycles. The topological polar surface area (TPSA) is 121 Å². The Morgan fingerprint density at radius 2 is 1.83 bits per heavy atom. The zero-order chi connectivity index (χ0) is 24.6. The first kappa shape index (κ1) is 23.2. The van der Waals surface area contributed by atoms with Gasteiger partial charge in [0.15, 0.2) is 11.5 Å². The smallest absolute Gasteiger partial charge is 0.346 e. The molecule has 4 rings (SSSR count). The minimum absolute atomic E-state index is 0.105. The number of hydrazone groups is 1. The molecule has 1 aromatic heterocycles. The molecule has 0 aliphatic rings. The Morgan fingerprint density at radius 3 is 2.60 bits per heavy atom. The van der Waals surface area contributed by atoms with Crippen LogP contribution in [0.15, 0.2) is 77.9 Å². The minimum atomic E-state index is -0.854. The van der Waals surface area contributed by atoms with Crippen molar-refractivity contribution < 1.29 is 23.5 Å². The lowest BCUT2D eigenvalue weighted by molar-refractivity contribution is -0.122. The Balaban J connectivity index is 1.35. The van der Waals surface area contributed by atoms with Crippen LogP contribution in [0.2, 0.25) is 0 Å². The van der Waals surface area contributed by atoms with Crippen LogP contribution in [0.1, 0.15) is 15.9 Å². The summed E-state index contributed by atoms with van der Waals surface area (Å²) in [5.41, 5.74) is 3.52. The van der Waals surface area contributed by atoms with Gasteiger partial charge in [-0.05, 0) is 41.1 Å². The van der Waals surface area contributed by atoms with Crippen LogP contribution in [0.25, 0.3) is 11.4 Å². The van der Waals surface area contributed by atoms with E-state index in [1.54, 1.807) is 12.1 Å². The molecule has 176 valence electrons. The number of halogens is 1. The molecule has 3 aromatic carbocycles.